The third-order valence-corrected chi connectivity index (χ3v) is 0.892. The van der Waals surface area contributed by atoms with Gasteiger partial charge in [0.15, 0.2) is 5.69 Å². The Morgan fingerprint density at radius 2 is 2.67 bits per heavy atom. The third-order valence-electron chi connectivity index (χ3n) is 0.892. The van der Waals surface area contributed by atoms with E-state index in [0.717, 1.165) is 0 Å². The van der Waals surface area contributed by atoms with E-state index in [-0.39, 0.29) is 0 Å². The van der Waals surface area contributed by atoms with Crippen LogP contribution in [0.5, 0.6) is 0 Å². The van der Waals surface area contributed by atoms with Crippen molar-refractivity contribution >= 4 is 0 Å². The summed E-state index contributed by atoms with van der Waals surface area (Å²) < 4.78 is 4.28. The lowest BCUT2D eigenvalue weighted by molar-refractivity contribution is 0.368. The quantitative estimate of drug-likeness (QED) is 0.571. The zero-order chi connectivity index (χ0) is 6.69. The highest BCUT2D eigenvalue weighted by Gasteiger charge is 1.99. The van der Waals surface area contributed by atoms with E-state index in [1.165, 1.54) is 0 Å². The van der Waals surface area contributed by atoms with Gasteiger partial charge < -0.3 is 4.52 Å². The van der Waals surface area contributed by atoms with Gasteiger partial charge in [0, 0.05) is 6.42 Å². The number of aromatic nitrogens is 2. The molecule has 0 amide bonds. The number of aromatic amines is 1. The first-order chi connectivity index (χ1) is 4.34. The molecule has 0 bridgehead atoms. The summed E-state index contributed by atoms with van der Waals surface area (Å²) in [5.74, 6) is 0. The summed E-state index contributed by atoms with van der Waals surface area (Å²) in [7, 11) is 0. The summed E-state index contributed by atoms with van der Waals surface area (Å²) in [6.07, 6.45) is 2.04. The number of hydrogen-bond donors (Lipinski definition) is 1. The van der Waals surface area contributed by atoms with E-state index >= 15 is 0 Å². The summed E-state index contributed by atoms with van der Waals surface area (Å²) in [5, 5.41) is 5.63. The largest absolute Gasteiger partial charge is 0.381 e. The van der Waals surface area contributed by atoms with Gasteiger partial charge in [-0.3, -0.25) is 0 Å². The molecule has 0 atom stereocenters. The maximum absolute atomic E-state index is 10.5. The van der Waals surface area contributed by atoms with Crippen molar-refractivity contribution in [2.75, 3.05) is 0 Å². The predicted molar refractivity (Wildman–Crippen MR) is 31.0 cm³/mol. The fraction of sp³-hybridized carbons (Fsp3) is 0.200. The van der Waals surface area contributed by atoms with E-state index in [9.17, 15) is 4.79 Å². The number of H-pyrrole nitrogens is 1. The molecule has 0 unspecified atom stereocenters. The van der Waals surface area contributed by atoms with Crippen molar-refractivity contribution in [3.63, 3.8) is 0 Å². The van der Waals surface area contributed by atoms with Crippen LogP contribution in [0.3, 0.4) is 0 Å². The van der Waals surface area contributed by atoms with Gasteiger partial charge >= 0.3 is 5.63 Å². The minimum absolute atomic E-state index is 0.366. The molecule has 4 heteroatoms. The summed E-state index contributed by atoms with van der Waals surface area (Å²) in [6.45, 7) is 3.44. The van der Waals surface area contributed by atoms with Crippen LogP contribution < -0.4 is 5.63 Å². The lowest BCUT2D eigenvalue weighted by Crippen LogP contribution is -2.00. The van der Waals surface area contributed by atoms with Crippen LogP contribution in [0.2, 0.25) is 0 Å². The molecule has 0 aromatic carbocycles. The SMILES string of the molecule is C=CCc1n[nH]oc1=O. The minimum Gasteiger partial charge on any atom is -0.320 e. The van der Waals surface area contributed by atoms with Crippen molar-refractivity contribution in [1.82, 2.24) is 10.4 Å². The van der Waals surface area contributed by atoms with Gasteiger partial charge in [-0.05, 0) is 0 Å². The molecule has 0 saturated heterocycles. The molecule has 1 aromatic rings. The van der Waals surface area contributed by atoms with Crippen LogP contribution in [-0.4, -0.2) is 10.4 Å². The van der Waals surface area contributed by atoms with Crippen LogP contribution in [-0.2, 0) is 6.42 Å². The van der Waals surface area contributed by atoms with Gasteiger partial charge in [0.1, 0.15) is 0 Å². The average molecular weight is 126 g/mol. The maximum atomic E-state index is 10.5. The van der Waals surface area contributed by atoms with Crippen LogP contribution in [0.4, 0.5) is 0 Å². The second kappa shape index (κ2) is 2.30. The molecule has 0 saturated carbocycles. The molecule has 0 aliphatic rings. The maximum Gasteiger partial charge on any atom is 0.381 e. The van der Waals surface area contributed by atoms with Gasteiger partial charge in [-0.2, -0.15) is 0 Å². The van der Waals surface area contributed by atoms with Gasteiger partial charge in [0.2, 0.25) is 0 Å². The zero-order valence-electron chi connectivity index (χ0n) is 4.76. The van der Waals surface area contributed by atoms with Crippen LogP contribution >= 0.6 is 0 Å². The van der Waals surface area contributed by atoms with Gasteiger partial charge in [-0.15, -0.1) is 16.9 Å². The standard InChI is InChI=1S/C5H6N2O2/c1-2-3-4-5(8)9-7-6-4/h2,7H,1,3H2. The summed E-state index contributed by atoms with van der Waals surface area (Å²) >= 11 is 0. The van der Waals surface area contributed by atoms with Gasteiger partial charge in [0.05, 0.1) is 0 Å². The smallest absolute Gasteiger partial charge is 0.320 e. The molecule has 1 rings (SSSR count). The number of rotatable bonds is 2. The molecule has 48 valence electrons. The Kier molecular flexibility index (Phi) is 1.48. The third kappa shape index (κ3) is 1.07. The number of nitrogens with zero attached hydrogens (tertiary/aromatic N) is 1. The highest BCUT2D eigenvalue weighted by molar-refractivity contribution is 4.95. The molecule has 1 N–H and O–H groups in total. The Morgan fingerprint density at radius 1 is 1.89 bits per heavy atom. The molecule has 0 spiro atoms. The number of allylic oxidation sites excluding steroid dienone is 1. The van der Waals surface area contributed by atoms with E-state index in [2.05, 4.69) is 21.5 Å². The van der Waals surface area contributed by atoms with E-state index in [1.54, 1.807) is 6.08 Å². The first-order valence-corrected chi connectivity index (χ1v) is 2.48. The summed E-state index contributed by atoms with van der Waals surface area (Å²) in [4.78, 5) is 10.5. The first kappa shape index (κ1) is 5.81. The molecular formula is C5H6N2O2. The van der Waals surface area contributed by atoms with Crippen LogP contribution in [0.25, 0.3) is 0 Å². The summed E-state index contributed by atoms with van der Waals surface area (Å²) in [6, 6.07) is 0. The Morgan fingerprint density at radius 3 is 3.11 bits per heavy atom. The van der Waals surface area contributed by atoms with Crippen molar-refractivity contribution in [3.05, 3.63) is 28.8 Å². The second-order valence-corrected chi connectivity index (χ2v) is 1.53. The van der Waals surface area contributed by atoms with Crippen molar-refractivity contribution in [1.29, 1.82) is 0 Å². The lowest BCUT2D eigenvalue weighted by Gasteiger charge is -1.75. The second-order valence-electron chi connectivity index (χ2n) is 1.53. The van der Waals surface area contributed by atoms with Crippen molar-refractivity contribution < 1.29 is 4.52 Å². The number of nitrogens with one attached hydrogen (secondary N) is 1. The fourth-order valence-corrected chi connectivity index (χ4v) is 0.490. The average Bonchev–Trinajstić information content (AvgIpc) is 2.18. The van der Waals surface area contributed by atoms with E-state index in [4.69, 9.17) is 0 Å². The van der Waals surface area contributed by atoms with Crippen LogP contribution in [0.15, 0.2) is 22.0 Å². The topological polar surface area (TPSA) is 58.9 Å². The molecule has 4 nitrogen and oxygen atoms in total. The Bertz CT molecular complexity index is 247. The van der Waals surface area contributed by atoms with Crippen molar-refractivity contribution in [2.24, 2.45) is 0 Å². The molecule has 0 aliphatic carbocycles. The molecular weight excluding hydrogens is 120 g/mol. The normalized spacial score (nSPS) is 9.33. The molecule has 0 fully saturated rings. The lowest BCUT2D eigenvalue weighted by atomic mass is 10.3. The van der Waals surface area contributed by atoms with Gasteiger partial charge in [-0.25, -0.2) is 4.79 Å². The fourth-order valence-electron chi connectivity index (χ4n) is 0.490. The summed E-state index contributed by atoms with van der Waals surface area (Å²) in [5.41, 5.74) is -0.0556. The Hall–Kier alpha value is -1.32. The molecule has 0 radical (unpaired) electrons. The zero-order valence-corrected chi connectivity index (χ0v) is 4.76. The van der Waals surface area contributed by atoms with Crippen molar-refractivity contribution in [2.45, 2.75) is 6.42 Å². The molecule has 9 heavy (non-hydrogen) atoms. The highest BCUT2D eigenvalue weighted by Crippen LogP contribution is 1.83. The minimum atomic E-state index is -0.421. The highest BCUT2D eigenvalue weighted by atomic mass is 16.5. The van der Waals surface area contributed by atoms with Crippen molar-refractivity contribution in [3.8, 4) is 0 Å². The van der Waals surface area contributed by atoms with Crippen LogP contribution in [0.1, 0.15) is 5.69 Å². The van der Waals surface area contributed by atoms with Gasteiger partial charge in [-0.1, -0.05) is 6.08 Å². The Labute approximate surface area is 51.2 Å². The predicted octanol–water partition coefficient (Wildman–Crippen LogP) is 0.0914. The number of hydrogen-bond acceptors (Lipinski definition) is 3. The van der Waals surface area contributed by atoms with E-state index in [1.807, 2.05) is 0 Å². The molecule has 0 aliphatic heterocycles. The first-order valence-electron chi connectivity index (χ1n) is 2.48. The molecule has 1 aromatic heterocycles. The van der Waals surface area contributed by atoms with Crippen LogP contribution in [0, 0.1) is 0 Å². The Balaban J connectivity index is 2.93. The van der Waals surface area contributed by atoms with Gasteiger partial charge in [0.25, 0.3) is 0 Å². The molecule has 1 heterocycles. The van der Waals surface area contributed by atoms with E-state index < -0.39 is 5.63 Å². The van der Waals surface area contributed by atoms with E-state index in [0.29, 0.717) is 12.1 Å². The monoisotopic (exact) mass is 126 g/mol.